The summed E-state index contributed by atoms with van der Waals surface area (Å²) in [6.07, 6.45) is 3.47. The first-order chi connectivity index (χ1) is 10.5. The molecule has 1 N–H and O–H groups in total. The van der Waals surface area contributed by atoms with Crippen LogP contribution in [0.25, 0.3) is 0 Å². The zero-order valence-corrected chi connectivity index (χ0v) is 15.5. The van der Waals surface area contributed by atoms with E-state index in [1.165, 1.54) is 0 Å². The molecule has 0 aromatic rings. The molecule has 0 aromatic carbocycles. The molecule has 3 aliphatic rings. The number of nitrogens with one attached hydrogen (secondary N) is 1. The number of carbonyl (C=O) groups is 1. The lowest BCUT2D eigenvalue weighted by Crippen LogP contribution is -2.65. The third-order valence-electron chi connectivity index (χ3n) is 5.26. The summed E-state index contributed by atoms with van der Waals surface area (Å²) in [5, 5.41) is 3.66. The molecule has 23 heavy (non-hydrogen) atoms. The third-order valence-corrected chi connectivity index (χ3v) is 5.26. The molecule has 3 heterocycles. The Balaban J connectivity index is 1.94. The molecule has 2 unspecified atom stereocenters. The van der Waals surface area contributed by atoms with E-state index in [1.807, 2.05) is 4.90 Å². The van der Waals surface area contributed by atoms with E-state index in [2.05, 4.69) is 46.9 Å². The van der Waals surface area contributed by atoms with Crippen LogP contribution in [0.15, 0.2) is 0 Å². The average molecular weight is 324 g/mol. The summed E-state index contributed by atoms with van der Waals surface area (Å²) in [5.74, 6) is 0.159. The highest BCUT2D eigenvalue weighted by Gasteiger charge is 2.63. The van der Waals surface area contributed by atoms with E-state index in [1.54, 1.807) is 0 Å². The Morgan fingerprint density at radius 1 is 1.17 bits per heavy atom. The monoisotopic (exact) mass is 324 g/mol. The number of nitrogens with zero attached hydrogens (tertiary/aromatic N) is 1. The Morgan fingerprint density at radius 3 is 2.22 bits per heavy atom. The molecule has 3 rings (SSSR count). The van der Waals surface area contributed by atoms with Gasteiger partial charge in [0.15, 0.2) is 5.60 Å². The molecule has 3 saturated heterocycles. The van der Waals surface area contributed by atoms with Crippen molar-refractivity contribution in [3.8, 4) is 0 Å². The summed E-state index contributed by atoms with van der Waals surface area (Å²) in [6, 6.07) is 0. The highest BCUT2D eigenvalue weighted by atomic mass is 16.6. The van der Waals surface area contributed by atoms with E-state index in [4.69, 9.17) is 9.47 Å². The molecule has 132 valence electrons. The van der Waals surface area contributed by atoms with E-state index in [9.17, 15) is 4.79 Å². The minimum absolute atomic E-state index is 0.128. The summed E-state index contributed by atoms with van der Waals surface area (Å²) in [4.78, 5) is 15.4. The van der Waals surface area contributed by atoms with Crippen LogP contribution in [0.1, 0.15) is 67.2 Å². The second-order valence-electron chi connectivity index (χ2n) is 9.14. The Kier molecular flexibility index (Phi) is 3.86. The van der Waals surface area contributed by atoms with Crippen LogP contribution in [-0.4, -0.2) is 52.5 Å². The van der Waals surface area contributed by atoms with E-state index in [-0.39, 0.29) is 23.1 Å². The number of epoxide rings is 1. The first-order valence-corrected chi connectivity index (χ1v) is 8.94. The lowest BCUT2D eigenvalue weighted by Gasteiger charge is -2.50. The fourth-order valence-electron chi connectivity index (χ4n) is 5.00. The van der Waals surface area contributed by atoms with E-state index >= 15 is 0 Å². The van der Waals surface area contributed by atoms with Crippen LogP contribution < -0.4 is 5.32 Å². The van der Waals surface area contributed by atoms with Crippen LogP contribution in [0.4, 0.5) is 0 Å². The number of piperidine rings is 1. The summed E-state index contributed by atoms with van der Waals surface area (Å²) >= 11 is 0. The summed E-state index contributed by atoms with van der Waals surface area (Å²) < 4.78 is 12.0. The molecule has 0 aliphatic carbocycles. The lowest BCUT2D eigenvalue weighted by molar-refractivity contribution is -0.165. The molecule has 2 atom stereocenters. The third kappa shape index (κ3) is 3.15. The molecular formula is C18H32N2O3. The minimum atomic E-state index is -0.711. The van der Waals surface area contributed by atoms with Crippen LogP contribution in [0.3, 0.4) is 0 Å². The van der Waals surface area contributed by atoms with E-state index in [0.717, 1.165) is 19.4 Å². The van der Waals surface area contributed by atoms with Gasteiger partial charge in [0, 0.05) is 23.9 Å². The predicted octanol–water partition coefficient (Wildman–Crippen LogP) is 2.44. The lowest BCUT2D eigenvalue weighted by atomic mass is 9.72. The van der Waals surface area contributed by atoms with Crippen molar-refractivity contribution < 1.29 is 14.3 Å². The molecule has 0 aromatic heterocycles. The van der Waals surface area contributed by atoms with Crippen molar-refractivity contribution in [1.82, 2.24) is 10.2 Å². The average Bonchev–Trinajstić information content (AvgIpc) is 3.11. The largest absolute Gasteiger partial charge is 0.371 e. The second-order valence-corrected chi connectivity index (χ2v) is 9.14. The molecule has 5 nitrogen and oxygen atoms in total. The molecule has 1 amide bonds. The van der Waals surface area contributed by atoms with Gasteiger partial charge in [0.2, 0.25) is 0 Å². The van der Waals surface area contributed by atoms with Gasteiger partial charge in [-0.3, -0.25) is 4.79 Å². The smallest absolute Gasteiger partial charge is 0.257 e. The number of carbonyl (C=O) groups excluding carboxylic acids is 1. The first-order valence-electron chi connectivity index (χ1n) is 8.94. The Labute approximate surface area is 140 Å². The molecule has 0 radical (unpaired) electrons. The van der Waals surface area contributed by atoms with Gasteiger partial charge in [-0.2, -0.15) is 0 Å². The Hall–Kier alpha value is -0.650. The quantitative estimate of drug-likeness (QED) is 0.807. The standard InChI is InChI=1S/C18H32N2O3/c1-7-8-17(6)20(9-13-10-22-13)14(21)18(23-17)11-15(2,3)19-16(4,5)12-18/h13,19H,7-12H2,1-6H3. The maximum absolute atomic E-state index is 13.4. The molecular weight excluding hydrogens is 292 g/mol. The number of hydrogen-bond donors (Lipinski definition) is 1. The summed E-state index contributed by atoms with van der Waals surface area (Å²) in [5.41, 5.74) is -1.48. The maximum atomic E-state index is 13.4. The molecule has 3 aliphatic heterocycles. The van der Waals surface area contributed by atoms with Gasteiger partial charge in [-0.05, 0) is 41.0 Å². The number of rotatable bonds is 4. The molecule has 0 saturated carbocycles. The molecule has 0 bridgehead atoms. The van der Waals surface area contributed by atoms with Crippen molar-refractivity contribution in [3.63, 3.8) is 0 Å². The van der Waals surface area contributed by atoms with Crippen LogP contribution in [-0.2, 0) is 14.3 Å². The predicted molar refractivity (Wildman–Crippen MR) is 89.1 cm³/mol. The number of ether oxygens (including phenoxy) is 2. The van der Waals surface area contributed by atoms with Crippen molar-refractivity contribution in [3.05, 3.63) is 0 Å². The fraction of sp³-hybridized carbons (Fsp3) is 0.944. The van der Waals surface area contributed by atoms with Crippen molar-refractivity contribution in [2.24, 2.45) is 0 Å². The number of hydrogen-bond acceptors (Lipinski definition) is 4. The van der Waals surface area contributed by atoms with E-state index < -0.39 is 11.3 Å². The summed E-state index contributed by atoms with van der Waals surface area (Å²) in [7, 11) is 0. The first kappa shape index (κ1) is 17.2. The van der Waals surface area contributed by atoms with Crippen LogP contribution >= 0.6 is 0 Å². The minimum Gasteiger partial charge on any atom is -0.371 e. The molecule has 1 spiro atoms. The van der Waals surface area contributed by atoms with Crippen molar-refractivity contribution in [2.75, 3.05) is 13.2 Å². The van der Waals surface area contributed by atoms with Gasteiger partial charge >= 0.3 is 0 Å². The van der Waals surface area contributed by atoms with Crippen LogP contribution in [0, 0.1) is 0 Å². The number of amides is 1. The maximum Gasteiger partial charge on any atom is 0.257 e. The zero-order chi connectivity index (χ0) is 17.1. The highest BCUT2D eigenvalue weighted by molar-refractivity contribution is 5.88. The van der Waals surface area contributed by atoms with Crippen molar-refractivity contribution in [1.29, 1.82) is 0 Å². The summed E-state index contributed by atoms with van der Waals surface area (Å²) in [6.45, 7) is 14.3. The fourth-order valence-corrected chi connectivity index (χ4v) is 5.00. The van der Waals surface area contributed by atoms with Gasteiger partial charge in [0.1, 0.15) is 5.72 Å². The van der Waals surface area contributed by atoms with Gasteiger partial charge in [0.05, 0.1) is 19.3 Å². The van der Waals surface area contributed by atoms with Crippen LogP contribution in [0.2, 0.25) is 0 Å². The second kappa shape index (κ2) is 5.17. The van der Waals surface area contributed by atoms with Crippen molar-refractivity contribution in [2.45, 2.75) is 95.7 Å². The molecule has 5 heteroatoms. The van der Waals surface area contributed by atoms with Gasteiger partial charge in [-0.25, -0.2) is 0 Å². The molecule has 3 fully saturated rings. The topological polar surface area (TPSA) is 54.1 Å². The van der Waals surface area contributed by atoms with Crippen LogP contribution in [0.5, 0.6) is 0 Å². The van der Waals surface area contributed by atoms with Crippen molar-refractivity contribution >= 4 is 5.91 Å². The van der Waals surface area contributed by atoms with Gasteiger partial charge < -0.3 is 19.7 Å². The zero-order valence-electron chi connectivity index (χ0n) is 15.5. The van der Waals surface area contributed by atoms with Gasteiger partial charge in [0.25, 0.3) is 5.91 Å². The normalized spacial score (nSPS) is 37.4. The Morgan fingerprint density at radius 2 is 1.74 bits per heavy atom. The van der Waals surface area contributed by atoms with Gasteiger partial charge in [-0.15, -0.1) is 0 Å². The van der Waals surface area contributed by atoms with E-state index in [0.29, 0.717) is 19.4 Å². The highest BCUT2D eigenvalue weighted by Crippen LogP contribution is 2.49. The van der Waals surface area contributed by atoms with Gasteiger partial charge in [-0.1, -0.05) is 13.3 Å². The SMILES string of the molecule is CCCC1(C)OC2(CC(C)(C)NC(C)(C)C2)C(=O)N1CC1CO1. The Bertz CT molecular complexity index is 482.